The van der Waals surface area contributed by atoms with Crippen LogP contribution in [0.5, 0.6) is 0 Å². The van der Waals surface area contributed by atoms with Crippen molar-refractivity contribution in [3.8, 4) is 0 Å². The average Bonchev–Trinajstić information content (AvgIpc) is 2.79. The van der Waals surface area contributed by atoms with Crippen LogP contribution < -0.4 is 9.44 Å². The standard InChI is InChI=1S/C8H8N4O4S3/c9-19(15,16)8-11-10-7(17-8)12(18(13)14)6-4-2-1-3-5-6/h1-5H,(H,13,14)(H2,9,15,16). The molecule has 1 unspecified atom stereocenters. The van der Waals surface area contributed by atoms with E-state index < -0.39 is 25.6 Å². The zero-order valence-electron chi connectivity index (χ0n) is 9.20. The summed E-state index contributed by atoms with van der Waals surface area (Å²) in [5.74, 6) is 0. The minimum Gasteiger partial charge on any atom is -0.289 e. The van der Waals surface area contributed by atoms with E-state index in [0.717, 1.165) is 4.31 Å². The normalized spacial score (nSPS) is 13.2. The molecule has 0 aliphatic rings. The van der Waals surface area contributed by atoms with Gasteiger partial charge >= 0.3 is 0 Å². The van der Waals surface area contributed by atoms with Gasteiger partial charge in [0.25, 0.3) is 21.3 Å². The maximum absolute atomic E-state index is 11.4. The first kappa shape index (κ1) is 14.0. The van der Waals surface area contributed by atoms with Gasteiger partial charge in [-0.05, 0) is 12.1 Å². The van der Waals surface area contributed by atoms with E-state index in [1.54, 1.807) is 30.3 Å². The third kappa shape index (κ3) is 3.13. The Labute approximate surface area is 115 Å². The molecule has 0 amide bonds. The van der Waals surface area contributed by atoms with Gasteiger partial charge < -0.3 is 0 Å². The molecule has 19 heavy (non-hydrogen) atoms. The Morgan fingerprint density at radius 1 is 1.26 bits per heavy atom. The first-order chi connectivity index (χ1) is 8.89. The van der Waals surface area contributed by atoms with Crippen LogP contribution >= 0.6 is 11.3 Å². The Bertz CT molecular complexity index is 700. The van der Waals surface area contributed by atoms with Gasteiger partial charge in [0, 0.05) is 0 Å². The lowest BCUT2D eigenvalue weighted by molar-refractivity contribution is 0.564. The summed E-state index contributed by atoms with van der Waals surface area (Å²) in [6.07, 6.45) is 0. The number of primary sulfonamides is 1. The number of nitrogens with two attached hydrogens (primary N) is 1. The molecule has 0 bridgehead atoms. The summed E-state index contributed by atoms with van der Waals surface area (Å²) in [5.41, 5.74) is 0.375. The van der Waals surface area contributed by atoms with E-state index in [-0.39, 0.29) is 5.13 Å². The lowest BCUT2D eigenvalue weighted by Gasteiger charge is -2.15. The molecule has 0 spiro atoms. The zero-order chi connectivity index (χ0) is 14.0. The predicted octanol–water partition coefficient (Wildman–Crippen LogP) is 0.460. The van der Waals surface area contributed by atoms with Crippen LogP contribution in [-0.2, 0) is 21.3 Å². The molecule has 0 fully saturated rings. The van der Waals surface area contributed by atoms with Crippen molar-refractivity contribution < 1.29 is 17.2 Å². The van der Waals surface area contributed by atoms with Crippen molar-refractivity contribution >= 4 is 43.4 Å². The van der Waals surface area contributed by atoms with Crippen LogP contribution in [0.3, 0.4) is 0 Å². The number of benzene rings is 1. The fraction of sp³-hybridized carbons (Fsp3) is 0. The SMILES string of the molecule is NS(=O)(=O)c1nnc(N(c2ccccc2)S(=O)O)s1. The van der Waals surface area contributed by atoms with Crippen LogP contribution in [-0.4, -0.2) is 27.4 Å². The minimum atomic E-state index is -3.99. The number of nitrogens with zero attached hydrogens (tertiary/aromatic N) is 3. The smallest absolute Gasteiger partial charge is 0.268 e. The number of hydrogen-bond donors (Lipinski definition) is 2. The average molecular weight is 320 g/mol. The molecule has 1 atom stereocenters. The second kappa shape index (κ2) is 5.30. The molecule has 102 valence electrons. The molecule has 2 aromatic rings. The summed E-state index contributed by atoms with van der Waals surface area (Å²) in [7, 11) is -3.99. The lowest BCUT2D eigenvalue weighted by Crippen LogP contribution is -2.18. The van der Waals surface area contributed by atoms with Crippen molar-refractivity contribution in [2.75, 3.05) is 4.31 Å². The van der Waals surface area contributed by atoms with Crippen molar-refractivity contribution in [2.24, 2.45) is 5.14 Å². The Kier molecular flexibility index (Phi) is 3.91. The first-order valence-electron chi connectivity index (χ1n) is 4.72. The summed E-state index contributed by atoms with van der Waals surface area (Å²) < 4.78 is 43.4. The molecule has 1 aromatic heterocycles. The Balaban J connectivity index is 2.47. The van der Waals surface area contributed by atoms with Gasteiger partial charge in [-0.1, -0.05) is 29.5 Å². The van der Waals surface area contributed by atoms with E-state index in [1.807, 2.05) is 0 Å². The molecule has 0 saturated carbocycles. The second-order valence-electron chi connectivity index (χ2n) is 3.26. The quantitative estimate of drug-likeness (QED) is 0.788. The molecular formula is C8H8N4O4S3. The van der Waals surface area contributed by atoms with Crippen LogP contribution in [0.4, 0.5) is 10.8 Å². The number of rotatable bonds is 4. The molecule has 8 nitrogen and oxygen atoms in total. The minimum absolute atomic E-state index is 0.0453. The molecule has 1 heterocycles. The van der Waals surface area contributed by atoms with Crippen LogP contribution in [0, 0.1) is 0 Å². The molecule has 1 aromatic carbocycles. The fourth-order valence-corrected chi connectivity index (χ4v) is 3.36. The van der Waals surface area contributed by atoms with Gasteiger partial charge in [-0.25, -0.2) is 22.1 Å². The monoisotopic (exact) mass is 320 g/mol. The van der Waals surface area contributed by atoms with Gasteiger partial charge in [-0.3, -0.25) is 4.55 Å². The van der Waals surface area contributed by atoms with E-state index in [2.05, 4.69) is 10.2 Å². The van der Waals surface area contributed by atoms with E-state index >= 15 is 0 Å². The molecule has 0 radical (unpaired) electrons. The maximum Gasteiger partial charge on any atom is 0.268 e. The maximum atomic E-state index is 11.4. The van der Waals surface area contributed by atoms with Gasteiger partial charge in [-0.2, -0.15) is 0 Å². The van der Waals surface area contributed by atoms with Gasteiger partial charge in [0.2, 0.25) is 9.47 Å². The van der Waals surface area contributed by atoms with Crippen LogP contribution in [0.1, 0.15) is 0 Å². The van der Waals surface area contributed by atoms with Gasteiger partial charge in [0.1, 0.15) is 0 Å². The van der Waals surface area contributed by atoms with Gasteiger partial charge in [0.15, 0.2) is 0 Å². The third-order valence-corrected chi connectivity index (χ3v) is 4.99. The van der Waals surface area contributed by atoms with Crippen molar-refractivity contribution in [1.29, 1.82) is 0 Å². The highest BCUT2D eigenvalue weighted by Gasteiger charge is 2.23. The predicted molar refractivity (Wildman–Crippen MR) is 70.6 cm³/mol. The number of aromatic nitrogens is 2. The summed E-state index contributed by atoms with van der Waals surface area (Å²) in [4.78, 5) is 0. The molecule has 2 rings (SSSR count). The van der Waals surface area contributed by atoms with Crippen LogP contribution in [0.25, 0.3) is 0 Å². The van der Waals surface area contributed by atoms with E-state index in [4.69, 9.17) is 5.14 Å². The molecule has 3 N–H and O–H groups in total. The first-order valence-corrected chi connectivity index (χ1v) is 8.14. The summed E-state index contributed by atoms with van der Waals surface area (Å²) >= 11 is -1.80. The molecule has 11 heteroatoms. The topological polar surface area (TPSA) is 126 Å². The largest absolute Gasteiger partial charge is 0.289 e. The summed E-state index contributed by atoms with van der Waals surface area (Å²) in [5, 5.41) is 11.8. The fourth-order valence-electron chi connectivity index (χ4n) is 1.23. The highest BCUT2D eigenvalue weighted by Crippen LogP contribution is 2.30. The molecule has 0 saturated heterocycles. The van der Waals surface area contributed by atoms with Crippen molar-refractivity contribution in [2.45, 2.75) is 4.34 Å². The van der Waals surface area contributed by atoms with Gasteiger partial charge in [0.05, 0.1) is 5.69 Å². The van der Waals surface area contributed by atoms with Crippen molar-refractivity contribution in [3.63, 3.8) is 0 Å². The van der Waals surface area contributed by atoms with E-state index in [0.29, 0.717) is 17.0 Å². The van der Waals surface area contributed by atoms with Crippen molar-refractivity contribution in [3.05, 3.63) is 30.3 Å². The Morgan fingerprint density at radius 2 is 1.89 bits per heavy atom. The molecule has 0 aliphatic heterocycles. The summed E-state index contributed by atoms with van der Waals surface area (Å²) in [6.45, 7) is 0. The number of anilines is 2. The third-order valence-electron chi connectivity index (χ3n) is 1.96. The highest BCUT2D eigenvalue weighted by molar-refractivity contribution is 7.91. The summed E-state index contributed by atoms with van der Waals surface area (Å²) in [6, 6.07) is 8.21. The van der Waals surface area contributed by atoms with Crippen LogP contribution in [0.2, 0.25) is 0 Å². The zero-order valence-corrected chi connectivity index (χ0v) is 11.7. The second-order valence-corrected chi connectivity index (χ2v) is 6.77. The van der Waals surface area contributed by atoms with E-state index in [9.17, 15) is 17.2 Å². The number of para-hydroxylation sites is 1. The highest BCUT2D eigenvalue weighted by atomic mass is 32.2. The number of hydrogen-bond acceptors (Lipinski definition) is 6. The van der Waals surface area contributed by atoms with Crippen LogP contribution in [0.15, 0.2) is 34.7 Å². The van der Waals surface area contributed by atoms with Gasteiger partial charge in [-0.15, -0.1) is 10.2 Å². The molecule has 0 aliphatic carbocycles. The van der Waals surface area contributed by atoms with E-state index in [1.165, 1.54) is 0 Å². The number of sulfonamides is 1. The molecular weight excluding hydrogens is 312 g/mol. The Hall–Kier alpha value is -1.40. The Morgan fingerprint density at radius 3 is 2.37 bits per heavy atom. The lowest BCUT2D eigenvalue weighted by atomic mass is 10.3. The van der Waals surface area contributed by atoms with Crippen molar-refractivity contribution in [1.82, 2.24) is 10.2 Å².